The van der Waals surface area contributed by atoms with Gasteiger partial charge in [-0.1, -0.05) is 35.9 Å². The summed E-state index contributed by atoms with van der Waals surface area (Å²) in [6, 6.07) is 12.7. The Morgan fingerprint density at radius 3 is 2.45 bits per heavy atom. The first-order chi connectivity index (χ1) is 9.69. The van der Waals surface area contributed by atoms with Crippen LogP contribution in [0.15, 0.2) is 42.5 Å². The molecule has 4 heteroatoms. The highest BCUT2D eigenvalue weighted by atomic mass is 35.5. The van der Waals surface area contributed by atoms with Crippen LogP contribution in [0.3, 0.4) is 0 Å². The molecule has 1 N–H and O–H groups in total. The standard InChI is InChI=1S/C16H17ClFNO/c1-19-9-8-12-2-4-13(5-3-12)11-20-14-6-7-15(17)16(18)10-14/h2-7,10,19H,8-9,11H2,1H3. The molecule has 0 aromatic heterocycles. The molecular formula is C16H17ClFNO. The Bertz CT molecular complexity index is 557. The SMILES string of the molecule is CNCCc1ccc(COc2ccc(Cl)c(F)c2)cc1. The highest BCUT2D eigenvalue weighted by Crippen LogP contribution is 2.21. The Kier molecular flexibility index (Phi) is 5.39. The first-order valence-electron chi connectivity index (χ1n) is 6.49. The van der Waals surface area contributed by atoms with Gasteiger partial charge in [-0.05, 0) is 43.3 Å². The number of hydrogen-bond donors (Lipinski definition) is 1. The molecule has 0 saturated heterocycles. The maximum Gasteiger partial charge on any atom is 0.145 e. The van der Waals surface area contributed by atoms with Crippen LogP contribution in [0.5, 0.6) is 5.75 Å². The Labute approximate surface area is 123 Å². The third-order valence-corrected chi connectivity index (χ3v) is 3.29. The monoisotopic (exact) mass is 293 g/mol. The summed E-state index contributed by atoms with van der Waals surface area (Å²) in [7, 11) is 1.94. The summed E-state index contributed by atoms with van der Waals surface area (Å²) in [6.07, 6.45) is 1.00. The molecule has 0 aliphatic carbocycles. The smallest absolute Gasteiger partial charge is 0.145 e. The van der Waals surface area contributed by atoms with Gasteiger partial charge in [-0.15, -0.1) is 0 Å². The van der Waals surface area contributed by atoms with Crippen LogP contribution in [0.1, 0.15) is 11.1 Å². The van der Waals surface area contributed by atoms with E-state index < -0.39 is 5.82 Å². The lowest BCUT2D eigenvalue weighted by Crippen LogP contribution is -2.10. The fourth-order valence-electron chi connectivity index (χ4n) is 1.80. The van der Waals surface area contributed by atoms with E-state index in [0.29, 0.717) is 12.4 Å². The van der Waals surface area contributed by atoms with Gasteiger partial charge < -0.3 is 10.1 Å². The van der Waals surface area contributed by atoms with Gasteiger partial charge in [0.25, 0.3) is 0 Å². The zero-order valence-electron chi connectivity index (χ0n) is 11.3. The van der Waals surface area contributed by atoms with Crippen molar-refractivity contribution >= 4 is 11.6 Å². The lowest BCUT2D eigenvalue weighted by Gasteiger charge is -2.08. The number of halogens is 2. The number of nitrogens with one attached hydrogen (secondary N) is 1. The molecule has 0 unspecified atom stereocenters. The van der Waals surface area contributed by atoms with Crippen LogP contribution in [0.4, 0.5) is 4.39 Å². The van der Waals surface area contributed by atoms with Gasteiger partial charge in [0.2, 0.25) is 0 Å². The normalized spacial score (nSPS) is 10.6. The Morgan fingerprint density at radius 1 is 1.10 bits per heavy atom. The molecule has 0 heterocycles. The maximum absolute atomic E-state index is 13.3. The molecule has 2 aromatic carbocycles. The molecule has 0 aliphatic heterocycles. The summed E-state index contributed by atoms with van der Waals surface area (Å²) in [5, 5.41) is 3.22. The molecule has 0 saturated carbocycles. The Morgan fingerprint density at radius 2 is 1.80 bits per heavy atom. The Hall–Kier alpha value is -1.58. The van der Waals surface area contributed by atoms with Crippen LogP contribution in [0.25, 0.3) is 0 Å². The minimum Gasteiger partial charge on any atom is -0.489 e. The second-order valence-corrected chi connectivity index (χ2v) is 4.94. The summed E-state index contributed by atoms with van der Waals surface area (Å²) in [4.78, 5) is 0. The van der Waals surface area contributed by atoms with Crippen molar-refractivity contribution in [2.45, 2.75) is 13.0 Å². The molecule has 0 atom stereocenters. The quantitative estimate of drug-likeness (QED) is 0.874. The van der Waals surface area contributed by atoms with E-state index in [4.69, 9.17) is 16.3 Å². The van der Waals surface area contributed by atoms with Crippen molar-refractivity contribution in [2.24, 2.45) is 0 Å². The minimum atomic E-state index is -0.466. The zero-order chi connectivity index (χ0) is 14.4. The summed E-state index contributed by atoms with van der Waals surface area (Å²) >= 11 is 5.62. The number of likely N-dealkylation sites (N-methyl/N-ethyl adjacent to an activating group) is 1. The molecule has 0 amide bonds. The second-order valence-electron chi connectivity index (χ2n) is 4.53. The largest absolute Gasteiger partial charge is 0.489 e. The van der Waals surface area contributed by atoms with E-state index in [1.165, 1.54) is 17.7 Å². The van der Waals surface area contributed by atoms with Crippen molar-refractivity contribution in [3.05, 3.63) is 64.4 Å². The summed E-state index contributed by atoms with van der Waals surface area (Å²) in [5.74, 6) is 0.0118. The maximum atomic E-state index is 13.3. The third kappa shape index (κ3) is 4.22. The summed E-state index contributed by atoms with van der Waals surface area (Å²) in [5.41, 5.74) is 2.33. The van der Waals surface area contributed by atoms with Gasteiger partial charge in [0, 0.05) is 6.07 Å². The highest BCUT2D eigenvalue weighted by molar-refractivity contribution is 6.30. The number of benzene rings is 2. The minimum absolute atomic E-state index is 0.103. The molecule has 2 aromatic rings. The highest BCUT2D eigenvalue weighted by Gasteiger charge is 2.02. The summed E-state index contributed by atoms with van der Waals surface area (Å²) in [6.45, 7) is 1.37. The van der Waals surface area contributed by atoms with Gasteiger partial charge in [0.05, 0.1) is 5.02 Å². The van der Waals surface area contributed by atoms with Crippen LogP contribution in [-0.2, 0) is 13.0 Å². The molecule has 0 spiro atoms. The number of ether oxygens (including phenoxy) is 1. The predicted molar refractivity (Wildman–Crippen MR) is 79.8 cm³/mol. The van der Waals surface area contributed by atoms with E-state index in [2.05, 4.69) is 17.4 Å². The van der Waals surface area contributed by atoms with E-state index >= 15 is 0 Å². The lowest BCUT2D eigenvalue weighted by molar-refractivity contribution is 0.304. The van der Waals surface area contributed by atoms with Crippen molar-refractivity contribution < 1.29 is 9.13 Å². The van der Waals surface area contributed by atoms with Gasteiger partial charge in [-0.3, -0.25) is 0 Å². The van der Waals surface area contributed by atoms with Crippen LogP contribution < -0.4 is 10.1 Å². The van der Waals surface area contributed by atoms with Gasteiger partial charge in [0.15, 0.2) is 0 Å². The molecule has 106 valence electrons. The first kappa shape index (κ1) is 14.8. The average molecular weight is 294 g/mol. The topological polar surface area (TPSA) is 21.3 Å². The average Bonchev–Trinajstić information content (AvgIpc) is 2.47. The molecule has 0 aliphatic rings. The number of hydrogen-bond acceptors (Lipinski definition) is 2. The zero-order valence-corrected chi connectivity index (χ0v) is 12.1. The Balaban J connectivity index is 1.91. The molecule has 2 rings (SSSR count). The fourth-order valence-corrected chi connectivity index (χ4v) is 1.92. The summed E-state index contributed by atoms with van der Waals surface area (Å²) < 4.78 is 18.8. The molecular weight excluding hydrogens is 277 g/mol. The molecule has 2 nitrogen and oxygen atoms in total. The molecule has 20 heavy (non-hydrogen) atoms. The van der Waals surface area contributed by atoms with Crippen LogP contribution in [-0.4, -0.2) is 13.6 Å². The number of rotatable bonds is 6. The van der Waals surface area contributed by atoms with E-state index in [9.17, 15) is 4.39 Å². The fraction of sp³-hybridized carbons (Fsp3) is 0.250. The second kappa shape index (κ2) is 7.27. The molecule has 0 bridgehead atoms. The van der Waals surface area contributed by atoms with Gasteiger partial charge in [-0.25, -0.2) is 4.39 Å². The first-order valence-corrected chi connectivity index (χ1v) is 6.87. The van der Waals surface area contributed by atoms with Crippen molar-refractivity contribution in [3.63, 3.8) is 0 Å². The van der Waals surface area contributed by atoms with Crippen molar-refractivity contribution in [1.82, 2.24) is 5.32 Å². The van der Waals surface area contributed by atoms with Crippen LogP contribution in [0, 0.1) is 5.82 Å². The van der Waals surface area contributed by atoms with Crippen molar-refractivity contribution in [3.8, 4) is 5.75 Å². The predicted octanol–water partition coefficient (Wildman–Crippen LogP) is 3.82. The third-order valence-electron chi connectivity index (χ3n) is 2.98. The van der Waals surface area contributed by atoms with Crippen LogP contribution in [0.2, 0.25) is 5.02 Å². The van der Waals surface area contributed by atoms with Gasteiger partial charge in [0.1, 0.15) is 18.2 Å². The van der Waals surface area contributed by atoms with Crippen molar-refractivity contribution in [1.29, 1.82) is 0 Å². The van der Waals surface area contributed by atoms with Gasteiger partial charge in [-0.2, -0.15) is 0 Å². The van der Waals surface area contributed by atoms with E-state index in [1.807, 2.05) is 19.2 Å². The van der Waals surface area contributed by atoms with E-state index in [-0.39, 0.29) is 5.02 Å². The molecule has 0 radical (unpaired) electrons. The molecule has 0 fully saturated rings. The lowest BCUT2D eigenvalue weighted by atomic mass is 10.1. The van der Waals surface area contributed by atoms with E-state index in [0.717, 1.165) is 18.5 Å². The van der Waals surface area contributed by atoms with Crippen molar-refractivity contribution in [2.75, 3.05) is 13.6 Å². The van der Waals surface area contributed by atoms with Crippen LogP contribution >= 0.6 is 11.6 Å². The van der Waals surface area contributed by atoms with E-state index in [1.54, 1.807) is 6.07 Å². The van der Waals surface area contributed by atoms with Gasteiger partial charge >= 0.3 is 0 Å².